The Morgan fingerprint density at radius 1 is 1.50 bits per heavy atom. The van der Waals surface area contributed by atoms with Crippen LogP contribution in [-0.2, 0) is 6.54 Å². The van der Waals surface area contributed by atoms with Gasteiger partial charge in [-0.15, -0.1) is 0 Å². The first-order valence-corrected chi connectivity index (χ1v) is 5.57. The van der Waals surface area contributed by atoms with Gasteiger partial charge in [0.25, 0.3) is 0 Å². The largest absolute Gasteiger partial charge is 0.508 e. The van der Waals surface area contributed by atoms with E-state index in [4.69, 9.17) is 4.52 Å². The van der Waals surface area contributed by atoms with Gasteiger partial charge >= 0.3 is 0 Å². The molecule has 2 aromatic rings. The van der Waals surface area contributed by atoms with Crippen molar-refractivity contribution in [3.05, 3.63) is 41.3 Å². The van der Waals surface area contributed by atoms with Gasteiger partial charge in [-0.25, -0.2) is 4.39 Å². The van der Waals surface area contributed by atoms with Gasteiger partial charge < -0.3 is 14.9 Å². The molecule has 96 valence electrons. The molecule has 6 heteroatoms. The maximum absolute atomic E-state index is 12.9. The Morgan fingerprint density at radius 2 is 2.28 bits per heavy atom. The molecule has 0 bridgehead atoms. The number of halogens is 1. The topological polar surface area (TPSA) is 71.2 Å². The van der Waals surface area contributed by atoms with Crippen molar-refractivity contribution in [2.75, 3.05) is 0 Å². The minimum Gasteiger partial charge on any atom is -0.508 e. The number of phenolic OH excluding ortho intramolecular Hbond substituents is 1. The van der Waals surface area contributed by atoms with E-state index in [0.717, 1.165) is 6.07 Å². The number of benzene rings is 1. The number of nitrogens with one attached hydrogen (secondary N) is 1. The fourth-order valence-corrected chi connectivity index (χ4v) is 1.65. The van der Waals surface area contributed by atoms with Gasteiger partial charge in [0.2, 0.25) is 5.89 Å². The van der Waals surface area contributed by atoms with Crippen molar-refractivity contribution in [2.45, 2.75) is 26.4 Å². The molecule has 0 aliphatic rings. The normalized spacial score (nSPS) is 12.6. The van der Waals surface area contributed by atoms with Crippen LogP contribution in [0.15, 0.2) is 22.7 Å². The Labute approximate surface area is 104 Å². The van der Waals surface area contributed by atoms with Crippen molar-refractivity contribution in [2.24, 2.45) is 0 Å². The Morgan fingerprint density at radius 3 is 2.89 bits per heavy atom. The van der Waals surface area contributed by atoms with Crippen molar-refractivity contribution >= 4 is 0 Å². The average molecular weight is 251 g/mol. The molecule has 0 aliphatic heterocycles. The van der Waals surface area contributed by atoms with Gasteiger partial charge in [-0.3, -0.25) is 0 Å². The number of hydrogen-bond donors (Lipinski definition) is 2. The highest BCUT2D eigenvalue weighted by Crippen LogP contribution is 2.24. The van der Waals surface area contributed by atoms with Gasteiger partial charge in [0.05, 0.1) is 6.54 Å². The molecule has 0 aliphatic carbocycles. The van der Waals surface area contributed by atoms with Crippen molar-refractivity contribution in [1.82, 2.24) is 15.5 Å². The summed E-state index contributed by atoms with van der Waals surface area (Å²) in [6, 6.07) is 3.80. The van der Waals surface area contributed by atoms with Gasteiger partial charge in [-0.2, -0.15) is 4.98 Å². The van der Waals surface area contributed by atoms with Crippen LogP contribution in [0.1, 0.15) is 30.2 Å². The quantitative estimate of drug-likeness (QED) is 0.870. The molecular weight excluding hydrogens is 237 g/mol. The number of phenols is 1. The summed E-state index contributed by atoms with van der Waals surface area (Å²) in [6.07, 6.45) is 0. The lowest BCUT2D eigenvalue weighted by molar-refractivity contribution is 0.383. The van der Waals surface area contributed by atoms with Gasteiger partial charge in [0.1, 0.15) is 11.6 Å². The van der Waals surface area contributed by atoms with E-state index in [1.165, 1.54) is 6.07 Å². The maximum Gasteiger partial charge on any atom is 0.223 e. The summed E-state index contributed by atoms with van der Waals surface area (Å²) in [5.74, 6) is 0.515. The van der Waals surface area contributed by atoms with E-state index in [1.54, 1.807) is 13.0 Å². The number of rotatable bonds is 4. The van der Waals surface area contributed by atoms with Crippen molar-refractivity contribution in [3.8, 4) is 5.75 Å². The second kappa shape index (κ2) is 5.14. The van der Waals surface area contributed by atoms with Gasteiger partial charge in [-0.05, 0) is 13.0 Å². The first-order chi connectivity index (χ1) is 8.56. The van der Waals surface area contributed by atoms with E-state index in [2.05, 4.69) is 15.5 Å². The van der Waals surface area contributed by atoms with Gasteiger partial charge in [-0.1, -0.05) is 11.2 Å². The first-order valence-electron chi connectivity index (χ1n) is 5.57. The number of aromatic hydroxyl groups is 1. The van der Waals surface area contributed by atoms with E-state index in [0.29, 0.717) is 23.8 Å². The lowest BCUT2D eigenvalue weighted by Gasteiger charge is -2.14. The molecule has 1 aromatic heterocycles. The lowest BCUT2D eigenvalue weighted by atomic mass is 10.1. The molecule has 1 aromatic carbocycles. The van der Waals surface area contributed by atoms with Crippen LogP contribution in [0.2, 0.25) is 0 Å². The zero-order chi connectivity index (χ0) is 13.1. The molecule has 2 rings (SSSR count). The molecule has 1 unspecified atom stereocenters. The minimum atomic E-state index is -0.461. The highest BCUT2D eigenvalue weighted by Gasteiger charge is 2.12. The van der Waals surface area contributed by atoms with E-state index in [9.17, 15) is 9.50 Å². The fourth-order valence-electron chi connectivity index (χ4n) is 1.65. The van der Waals surface area contributed by atoms with Crippen LogP contribution >= 0.6 is 0 Å². The van der Waals surface area contributed by atoms with E-state index in [1.807, 2.05) is 6.92 Å². The third kappa shape index (κ3) is 2.84. The molecule has 0 saturated carbocycles. The first kappa shape index (κ1) is 12.5. The second-order valence-electron chi connectivity index (χ2n) is 4.04. The summed E-state index contributed by atoms with van der Waals surface area (Å²) >= 11 is 0. The Hall–Kier alpha value is -1.95. The predicted octanol–water partition coefficient (Wildman–Crippen LogP) is 2.07. The SMILES string of the molecule is Cc1nc(CNC(C)c2ccc(F)cc2O)no1. The van der Waals surface area contributed by atoms with Crippen LogP contribution < -0.4 is 5.32 Å². The molecule has 0 radical (unpaired) electrons. The van der Waals surface area contributed by atoms with Crippen molar-refractivity contribution < 1.29 is 14.0 Å². The molecule has 5 nitrogen and oxygen atoms in total. The summed E-state index contributed by atoms with van der Waals surface area (Å²) in [4.78, 5) is 4.05. The molecular formula is C12H14FN3O2. The lowest BCUT2D eigenvalue weighted by Crippen LogP contribution is -2.19. The summed E-state index contributed by atoms with van der Waals surface area (Å²) in [5.41, 5.74) is 0.622. The third-order valence-corrected chi connectivity index (χ3v) is 2.59. The highest BCUT2D eigenvalue weighted by molar-refractivity contribution is 5.34. The third-order valence-electron chi connectivity index (χ3n) is 2.59. The van der Waals surface area contributed by atoms with Crippen LogP contribution in [0.4, 0.5) is 4.39 Å². The molecule has 0 amide bonds. The van der Waals surface area contributed by atoms with E-state index >= 15 is 0 Å². The zero-order valence-electron chi connectivity index (χ0n) is 10.1. The summed E-state index contributed by atoms with van der Waals surface area (Å²) in [7, 11) is 0. The fraction of sp³-hybridized carbons (Fsp3) is 0.333. The molecule has 18 heavy (non-hydrogen) atoms. The molecule has 0 saturated heterocycles. The summed E-state index contributed by atoms with van der Waals surface area (Å²) in [6.45, 7) is 3.99. The molecule has 0 spiro atoms. The highest BCUT2D eigenvalue weighted by atomic mass is 19.1. The molecule has 1 atom stereocenters. The Bertz CT molecular complexity index is 542. The van der Waals surface area contributed by atoms with Crippen molar-refractivity contribution in [1.29, 1.82) is 0 Å². The summed E-state index contributed by atoms with van der Waals surface area (Å²) in [5, 5.41) is 16.5. The maximum atomic E-state index is 12.9. The number of aryl methyl sites for hydroxylation is 1. The monoisotopic (exact) mass is 251 g/mol. The smallest absolute Gasteiger partial charge is 0.223 e. The predicted molar refractivity (Wildman–Crippen MR) is 62.4 cm³/mol. The van der Waals surface area contributed by atoms with Gasteiger partial charge in [0, 0.05) is 24.6 Å². The average Bonchev–Trinajstić information content (AvgIpc) is 2.72. The number of hydrogen-bond acceptors (Lipinski definition) is 5. The second-order valence-corrected chi connectivity index (χ2v) is 4.04. The molecule has 1 heterocycles. The van der Waals surface area contributed by atoms with Crippen molar-refractivity contribution in [3.63, 3.8) is 0 Å². The Kier molecular flexibility index (Phi) is 3.57. The number of nitrogens with zero attached hydrogens (tertiary/aromatic N) is 2. The number of aromatic nitrogens is 2. The van der Waals surface area contributed by atoms with E-state index < -0.39 is 5.82 Å². The molecule has 2 N–H and O–H groups in total. The van der Waals surface area contributed by atoms with Crippen LogP contribution in [0.5, 0.6) is 5.75 Å². The summed E-state index contributed by atoms with van der Waals surface area (Å²) < 4.78 is 17.7. The van der Waals surface area contributed by atoms with Crippen LogP contribution in [-0.4, -0.2) is 15.2 Å². The standard InChI is InChI=1S/C12H14FN3O2/c1-7(10-4-3-9(13)5-11(10)17)14-6-12-15-8(2)18-16-12/h3-5,7,14,17H,6H2,1-2H3. The van der Waals surface area contributed by atoms with Crippen LogP contribution in [0.25, 0.3) is 0 Å². The Balaban J connectivity index is 2.01. The van der Waals surface area contributed by atoms with E-state index in [-0.39, 0.29) is 11.8 Å². The minimum absolute atomic E-state index is 0.0701. The van der Waals surface area contributed by atoms with Gasteiger partial charge in [0.15, 0.2) is 5.82 Å². The van der Waals surface area contributed by atoms with Crippen LogP contribution in [0.3, 0.4) is 0 Å². The van der Waals surface area contributed by atoms with Crippen LogP contribution in [0, 0.1) is 12.7 Å². The zero-order valence-corrected chi connectivity index (χ0v) is 10.1. The molecule has 0 fully saturated rings.